The first kappa shape index (κ1) is 13.7. The van der Waals surface area contributed by atoms with E-state index in [0.717, 1.165) is 26.0 Å². The van der Waals surface area contributed by atoms with E-state index in [1.165, 1.54) is 27.8 Å². The van der Waals surface area contributed by atoms with Crippen molar-refractivity contribution in [1.82, 2.24) is 5.32 Å². The summed E-state index contributed by atoms with van der Waals surface area (Å²) in [6.07, 6.45) is 4.51. The zero-order valence-corrected chi connectivity index (χ0v) is 12.7. The first-order chi connectivity index (χ1) is 10.9. The first-order valence-corrected chi connectivity index (χ1v) is 8.04. The maximum Gasteiger partial charge on any atom is 0.0672 e. The van der Waals surface area contributed by atoms with E-state index >= 15 is 0 Å². The molecule has 1 fully saturated rings. The van der Waals surface area contributed by atoms with Crippen molar-refractivity contribution in [1.29, 1.82) is 0 Å². The van der Waals surface area contributed by atoms with Crippen molar-refractivity contribution < 1.29 is 4.74 Å². The number of benzene rings is 2. The maximum absolute atomic E-state index is 5.59. The Kier molecular flexibility index (Phi) is 3.79. The molecule has 0 bridgehead atoms. The van der Waals surface area contributed by atoms with Gasteiger partial charge in [0.1, 0.15) is 0 Å². The molecule has 1 saturated heterocycles. The highest BCUT2D eigenvalue weighted by atomic mass is 16.5. The number of fused-ring (bicyclic) bond motifs is 2. The molecule has 2 nitrogen and oxygen atoms in total. The summed E-state index contributed by atoms with van der Waals surface area (Å²) in [5.41, 5.74) is 6.90. The van der Waals surface area contributed by atoms with Crippen LogP contribution in [0.25, 0.3) is 5.57 Å². The standard InChI is InChI=1S/C20H20NO/c1-3-7-18-15(5-1)9-10-16-6-2-4-8-19(16)20(18)13-17-14-22-12-11-21-17/h1-8,13,17H,9-12,14H2. The smallest absolute Gasteiger partial charge is 0.0672 e. The van der Waals surface area contributed by atoms with Gasteiger partial charge in [0.15, 0.2) is 0 Å². The van der Waals surface area contributed by atoms with Crippen molar-refractivity contribution >= 4 is 5.57 Å². The third-order valence-corrected chi connectivity index (χ3v) is 4.53. The highest BCUT2D eigenvalue weighted by Crippen LogP contribution is 2.33. The van der Waals surface area contributed by atoms with E-state index in [1.54, 1.807) is 0 Å². The maximum atomic E-state index is 5.59. The van der Waals surface area contributed by atoms with Gasteiger partial charge in [-0.2, -0.15) is 0 Å². The summed E-state index contributed by atoms with van der Waals surface area (Å²) >= 11 is 0. The van der Waals surface area contributed by atoms with Crippen molar-refractivity contribution in [2.45, 2.75) is 18.9 Å². The van der Waals surface area contributed by atoms with Crippen LogP contribution in [0.5, 0.6) is 0 Å². The zero-order chi connectivity index (χ0) is 14.8. The number of ether oxygens (including phenoxy) is 1. The van der Waals surface area contributed by atoms with E-state index in [4.69, 9.17) is 10.1 Å². The minimum atomic E-state index is 0.169. The van der Waals surface area contributed by atoms with E-state index in [-0.39, 0.29) is 6.04 Å². The summed E-state index contributed by atoms with van der Waals surface area (Å²) < 4.78 is 5.59. The Labute approximate surface area is 131 Å². The fourth-order valence-corrected chi connectivity index (χ4v) is 3.43. The van der Waals surface area contributed by atoms with Crippen molar-refractivity contribution in [2.24, 2.45) is 0 Å². The summed E-state index contributed by atoms with van der Waals surface area (Å²) in [4.78, 5) is 0. The van der Waals surface area contributed by atoms with Gasteiger partial charge < -0.3 is 4.74 Å². The molecule has 1 aliphatic heterocycles. The van der Waals surface area contributed by atoms with Gasteiger partial charge in [-0.05, 0) is 40.7 Å². The van der Waals surface area contributed by atoms with Crippen LogP contribution < -0.4 is 5.32 Å². The van der Waals surface area contributed by atoms with E-state index in [2.05, 4.69) is 54.6 Å². The predicted molar refractivity (Wildman–Crippen MR) is 89.0 cm³/mol. The molecule has 22 heavy (non-hydrogen) atoms. The summed E-state index contributed by atoms with van der Waals surface area (Å²) in [5, 5.41) is 4.70. The van der Waals surface area contributed by atoms with Crippen LogP contribution in [0.15, 0.2) is 54.6 Å². The third kappa shape index (κ3) is 2.60. The average Bonchev–Trinajstić information content (AvgIpc) is 2.74. The van der Waals surface area contributed by atoms with Crippen molar-refractivity contribution in [3.05, 3.63) is 76.9 Å². The molecule has 0 N–H and O–H groups in total. The highest BCUT2D eigenvalue weighted by Gasteiger charge is 2.20. The molecule has 1 aliphatic carbocycles. The molecule has 0 spiro atoms. The van der Waals surface area contributed by atoms with Gasteiger partial charge in [0.2, 0.25) is 0 Å². The first-order valence-electron chi connectivity index (χ1n) is 8.04. The highest BCUT2D eigenvalue weighted by molar-refractivity contribution is 5.84. The third-order valence-electron chi connectivity index (χ3n) is 4.53. The zero-order valence-electron chi connectivity index (χ0n) is 12.7. The SMILES string of the molecule is C(=C1c2ccccc2CCc2ccccc21)C1COCC[N]1. The Morgan fingerprint density at radius 2 is 1.55 bits per heavy atom. The lowest BCUT2D eigenvalue weighted by Crippen LogP contribution is -2.34. The fraction of sp³-hybridized carbons (Fsp3) is 0.300. The molecule has 111 valence electrons. The van der Waals surface area contributed by atoms with Gasteiger partial charge in [-0.25, -0.2) is 5.32 Å². The van der Waals surface area contributed by atoms with Crippen LogP contribution in [0.1, 0.15) is 22.3 Å². The van der Waals surface area contributed by atoms with Crippen LogP contribution in [0.2, 0.25) is 0 Å². The Morgan fingerprint density at radius 3 is 2.14 bits per heavy atom. The largest absolute Gasteiger partial charge is 0.378 e. The average molecular weight is 290 g/mol. The lowest BCUT2D eigenvalue weighted by atomic mass is 9.92. The summed E-state index contributed by atoms with van der Waals surface area (Å²) in [6.45, 7) is 2.26. The molecule has 1 heterocycles. The molecule has 0 saturated carbocycles. The minimum absolute atomic E-state index is 0.169. The minimum Gasteiger partial charge on any atom is -0.378 e. The van der Waals surface area contributed by atoms with E-state index in [0.29, 0.717) is 6.61 Å². The van der Waals surface area contributed by atoms with Crippen LogP contribution in [-0.4, -0.2) is 25.8 Å². The predicted octanol–water partition coefficient (Wildman–Crippen LogP) is 3.22. The van der Waals surface area contributed by atoms with Crippen LogP contribution >= 0.6 is 0 Å². The van der Waals surface area contributed by atoms with Crippen molar-refractivity contribution in [2.75, 3.05) is 19.8 Å². The molecule has 2 aromatic rings. The lowest BCUT2D eigenvalue weighted by molar-refractivity contribution is 0.0881. The number of rotatable bonds is 1. The van der Waals surface area contributed by atoms with Crippen molar-refractivity contribution in [3.63, 3.8) is 0 Å². The number of aryl methyl sites for hydroxylation is 2. The normalized spacial score (nSPS) is 20.7. The Morgan fingerprint density at radius 1 is 0.909 bits per heavy atom. The molecule has 1 atom stereocenters. The molecular formula is C20H20NO. The van der Waals surface area contributed by atoms with Gasteiger partial charge in [-0.1, -0.05) is 54.6 Å². The lowest BCUT2D eigenvalue weighted by Gasteiger charge is -2.21. The van der Waals surface area contributed by atoms with Gasteiger partial charge in [-0.15, -0.1) is 0 Å². The number of hydrogen-bond donors (Lipinski definition) is 0. The van der Waals surface area contributed by atoms with E-state index in [1.807, 2.05) is 0 Å². The van der Waals surface area contributed by atoms with Crippen LogP contribution in [0.4, 0.5) is 0 Å². The molecule has 4 rings (SSSR count). The Bertz CT molecular complexity index is 649. The molecule has 1 radical (unpaired) electrons. The fourth-order valence-electron chi connectivity index (χ4n) is 3.43. The van der Waals surface area contributed by atoms with Crippen molar-refractivity contribution in [3.8, 4) is 0 Å². The van der Waals surface area contributed by atoms with Gasteiger partial charge >= 0.3 is 0 Å². The molecule has 0 amide bonds. The van der Waals surface area contributed by atoms with Crippen LogP contribution in [-0.2, 0) is 17.6 Å². The van der Waals surface area contributed by atoms with Gasteiger partial charge in [0.25, 0.3) is 0 Å². The summed E-state index contributed by atoms with van der Waals surface area (Å²) in [7, 11) is 0. The second-order valence-corrected chi connectivity index (χ2v) is 5.94. The quantitative estimate of drug-likeness (QED) is 0.791. The second-order valence-electron chi connectivity index (χ2n) is 5.94. The molecule has 2 aromatic carbocycles. The van der Waals surface area contributed by atoms with Crippen LogP contribution in [0, 0.1) is 0 Å². The van der Waals surface area contributed by atoms with Gasteiger partial charge in [-0.3, -0.25) is 0 Å². The van der Waals surface area contributed by atoms with Crippen LogP contribution in [0.3, 0.4) is 0 Å². The number of nitrogens with zero attached hydrogens (tertiary/aromatic N) is 1. The second kappa shape index (κ2) is 6.07. The van der Waals surface area contributed by atoms with E-state index in [9.17, 15) is 0 Å². The Hall–Kier alpha value is -1.90. The number of morpholine rings is 1. The topological polar surface area (TPSA) is 23.3 Å². The summed E-state index contributed by atoms with van der Waals surface area (Å²) in [6, 6.07) is 17.7. The molecular weight excluding hydrogens is 270 g/mol. The van der Waals surface area contributed by atoms with Gasteiger partial charge in [0.05, 0.1) is 19.3 Å². The molecule has 0 aromatic heterocycles. The molecule has 1 unspecified atom stereocenters. The van der Waals surface area contributed by atoms with E-state index < -0.39 is 0 Å². The molecule has 2 heteroatoms. The van der Waals surface area contributed by atoms with Gasteiger partial charge in [0, 0.05) is 6.54 Å². The molecule has 2 aliphatic rings. The summed E-state index contributed by atoms with van der Waals surface area (Å²) in [5.74, 6) is 0. The number of hydrogen-bond acceptors (Lipinski definition) is 1. The monoisotopic (exact) mass is 290 g/mol. The Balaban J connectivity index is 1.85.